The third-order valence-electron chi connectivity index (χ3n) is 5.46. The minimum Gasteiger partial charge on any atom is -0.345 e. The zero-order chi connectivity index (χ0) is 18.5. The third-order valence-corrected chi connectivity index (χ3v) is 5.46. The summed E-state index contributed by atoms with van der Waals surface area (Å²) >= 11 is 0. The molecule has 1 aromatic carbocycles. The fourth-order valence-electron chi connectivity index (χ4n) is 3.75. The van der Waals surface area contributed by atoms with E-state index >= 15 is 0 Å². The van der Waals surface area contributed by atoms with Crippen molar-refractivity contribution in [3.8, 4) is 0 Å². The molecule has 2 heterocycles. The Labute approximate surface area is 156 Å². The molecule has 1 fully saturated rings. The number of aryl methyl sites for hydroxylation is 1. The molecule has 1 aliphatic rings. The van der Waals surface area contributed by atoms with Crippen molar-refractivity contribution in [2.24, 2.45) is 5.92 Å². The molecular formula is C22H29N3O. The number of piperidine rings is 1. The highest BCUT2D eigenvalue weighted by molar-refractivity contribution is 5.79. The van der Waals surface area contributed by atoms with Crippen molar-refractivity contribution in [3.63, 3.8) is 0 Å². The fourth-order valence-corrected chi connectivity index (χ4v) is 3.75. The van der Waals surface area contributed by atoms with Gasteiger partial charge in [-0.2, -0.15) is 0 Å². The first-order chi connectivity index (χ1) is 12.6. The van der Waals surface area contributed by atoms with Crippen molar-refractivity contribution < 1.29 is 4.79 Å². The quantitative estimate of drug-likeness (QED) is 0.893. The monoisotopic (exact) mass is 351 g/mol. The van der Waals surface area contributed by atoms with Gasteiger partial charge in [0, 0.05) is 24.4 Å². The molecule has 1 saturated heterocycles. The van der Waals surface area contributed by atoms with Crippen LogP contribution in [0.15, 0.2) is 48.8 Å². The van der Waals surface area contributed by atoms with Crippen LogP contribution >= 0.6 is 0 Å². The van der Waals surface area contributed by atoms with Crippen LogP contribution in [0.5, 0.6) is 0 Å². The Hall–Kier alpha value is -2.20. The maximum Gasteiger partial charge on any atom is 0.223 e. The van der Waals surface area contributed by atoms with Crippen LogP contribution in [-0.2, 0) is 4.79 Å². The highest BCUT2D eigenvalue weighted by Crippen LogP contribution is 2.26. The molecule has 0 unspecified atom stereocenters. The largest absolute Gasteiger partial charge is 0.345 e. The van der Waals surface area contributed by atoms with Gasteiger partial charge in [0.1, 0.15) is 0 Å². The van der Waals surface area contributed by atoms with Crippen molar-refractivity contribution in [2.75, 3.05) is 13.1 Å². The van der Waals surface area contributed by atoms with Gasteiger partial charge in [0.2, 0.25) is 5.91 Å². The summed E-state index contributed by atoms with van der Waals surface area (Å²) in [6.07, 6.45) is 5.43. The summed E-state index contributed by atoms with van der Waals surface area (Å²) in [4.78, 5) is 19.6. The van der Waals surface area contributed by atoms with E-state index in [1.54, 1.807) is 12.4 Å². The number of hydrogen-bond donors (Lipinski definition) is 1. The summed E-state index contributed by atoms with van der Waals surface area (Å²) in [5.74, 6) is 0.261. The van der Waals surface area contributed by atoms with Crippen LogP contribution in [0.1, 0.15) is 49.4 Å². The molecule has 0 spiro atoms. The average Bonchev–Trinajstić information content (AvgIpc) is 2.67. The Morgan fingerprint density at radius 2 is 1.77 bits per heavy atom. The van der Waals surface area contributed by atoms with Gasteiger partial charge in [0.15, 0.2) is 0 Å². The molecule has 138 valence electrons. The van der Waals surface area contributed by atoms with E-state index in [-0.39, 0.29) is 17.9 Å². The highest BCUT2D eigenvalue weighted by Gasteiger charge is 2.28. The Morgan fingerprint density at radius 3 is 2.38 bits per heavy atom. The molecular weight excluding hydrogens is 322 g/mol. The van der Waals surface area contributed by atoms with Crippen LogP contribution in [0.25, 0.3) is 0 Å². The van der Waals surface area contributed by atoms with E-state index in [2.05, 4.69) is 48.1 Å². The number of aromatic nitrogens is 1. The second kappa shape index (κ2) is 8.45. The van der Waals surface area contributed by atoms with Crippen molar-refractivity contribution in [3.05, 3.63) is 65.5 Å². The number of nitrogens with zero attached hydrogens (tertiary/aromatic N) is 2. The first-order valence-corrected chi connectivity index (χ1v) is 9.56. The number of rotatable bonds is 5. The van der Waals surface area contributed by atoms with E-state index in [9.17, 15) is 4.79 Å². The average molecular weight is 351 g/mol. The number of benzene rings is 1. The highest BCUT2D eigenvalue weighted by atomic mass is 16.1. The van der Waals surface area contributed by atoms with Gasteiger partial charge in [0.25, 0.3) is 0 Å². The molecule has 1 aromatic heterocycles. The number of amides is 1. The minimum atomic E-state index is -0.130. The van der Waals surface area contributed by atoms with Crippen molar-refractivity contribution in [2.45, 2.75) is 45.7 Å². The lowest BCUT2D eigenvalue weighted by Gasteiger charge is -2.34. The predicted octanol–water partition coefficient (Wildman–Crippen LogP) is 3.72. The third kappa shape index (κ3) is 4.31. The van der Waals surface area contributed by atoms with Gasteiger partial charge < -0.3 is 10.2 Å². The van der Waals surface area contributed by atoms with Crippen LogP contribution in [0.3, 0.4) is 0 Å². The number of likely N-dealkylation sites (tertiary alicyclic amines) is 1. The number of pyridine rings is 1. The summed E-state index contributed by atoms with van der Waals surface area (Å²) in [5, 5.41) is 3.32. The summed E-state index contributed by atoms with van der Waals surface area (Å²) < 4.78 is 0. The van der Waals surface area contributed by atoms with E-state index in [4.69, 9.17) is 0 Å². The molecule has 0 radical (unpaired) electrons. The van der Waals surface area contributed by atoms with E-state index in [1.165, 1.54) is 5.56 Å². The first kappa shape index (κ1) is 18.6. The molecule has 0 bridgehead atoms. The lowest BCUT2D eigenvalue weighted by molar-refractivity contribution is -0.127. The van der Waals surface area contributed by atoms with Crippen LogP contribution in [0, 0.1) is 12.8 Å². The van der Waals surface area contributed by atoms with E-state index in [0.717, 1.165) is 37.1 Å². The van der Waals surface area contributed by atoms with Crippen LogP contribution in [0.4, 0.5) is 0 Å². The van der Waals surface area contributed by atoms with Crippen molar-refractivity contribution in [1.29, 1.82) is 0 Å². The molecule has 1 atom stereocenters. The number of carbonyl (C=O) groups excluding carboxylic acids is 1. The molecule has 1 aliphatic heterocycles. The molecule has 0 aliphatic carbocycles. The van der Waals surface area contributed by atoms with Gasteiger partial charge in [-0.3, -0.25) is 9.78 Å². The maximum absolute atomic E-state index is 13.0. The summed E-state index contributed by atoms with van der Waals surface area (Å²) in [6.45, 7) is 8.53. The van der Waals surface area contributed by atoms with Gasteiger partial charge in [-0.15, -0.1) is 0 Å². The second-order valence-corrected chi connectivity index (χ2v) is 7.48. The van der Waals surface area contributed by atoms with Gasteiger partial charge in [-0.1, -0.05) is 24.3 Å². The Kier molecular flexibility index (Phi) is 6.04. The molecule has 3 rings (SSSR count). The van der Waals surface area contributed by atoms with Crippen LogP contribution in [0.2, 0.25) is 0 Å². The van der Waals surface area contributed by atoms with Gasteiger partial charge in [-0.25, -0.2) is 0 Å². The second-order valence-electron chi connectivity index (χ2n) is 7.48. The smallest absolute Gasteiger partial charge is 0.223 e. The summed E-state index contributed by atoms with van der Waals surface area (Å²) in [5.41, 5.74) is 3.40. The minimum absolute atomic E-state index is 0.0957. The van der Waals surface area contributed by atoms with Gasteiger partial charge in [-0.05, 0) is 75.5 Å². The Morgan fingerprint density at radius 1 is 1.12 bits per heavy atom. The van der Waals surface area contributed by atoms with E-state index in [1.807, 2.05) is 24.3 Å². The number of hydrogen-bond acceptors (Lipinski definition) is 3. The summed E-state index contributed by atoms with van der Waals surface area (Å²) in [7, 11) is 0. The Bertz CT molecular complexity index is 721. The summed E-state index contributed by atoms with van der Waals surface area (Å²) in [6, 6.07) is 12.6. The molecule has 1 amide bonds. The van der Waals surface area contributed by atoms with Crippen LogP contribution < -0.4 is 5.32 Å². The SMILES string of the molecule is Cc1ccccc1[C@@H](NC(=O)C1CCN(C(C)C)CC1)c1ccncc1. The lowest BCUT2D eigenvalue weighted by Crippen LogP contribution is -2.44. The van der Waals surface area contributed by atoms with E-state index in [0.29, 0.717) is 6.04 Å². The standard InChI is InChI=1S/C22H29N3O/c1-16(2)25-14-10-19(11-15-25)22(26)24-21(18-8-12-23-13-9-18)20-7-5-4-6-17(20)3/h4-9,12-13,16,19,21H,10-11,14-15H2,1-3H3,(H,24,26)/t21-/m0/s1. The topological polar surface area (TPSA) is 45.2 Å². The van der Waals surface area contributed by atoms with Crippen LogP contribution in [-0.4, -0.2) is 34.9 Å². The van der Waals surface area contributed by atoms with Crippen molar-refractivity contribution in [1.82, 2.24) is 15.2 Å². The predicted molar refractivity (Wildman–Crippen MR) is 105 cm³/mol. The van der Waals surface area contributed by atoms with Crippen molar-refractivity contribution >= 4 is 5.91 Å². The molecule has 4 heteroatoms. The lowest BCUT2D eigenvalue weighted by atomic mass is 9.92. The maximum atomic E-state index is 13.0. The van der Waals surface area contributed by atoms with Gasteiger partial charge in [0.05, 0.1) is 6.04 Å². The fraction of sp³-hybridized carbons (Fsp3) is 0.455. The zero-order valence-electron chi connectivity index (χ0n) is 16.0. The normalized spacial score (nSPS) is 17.2. The first-order valence-electron chi connectivity index (χ1n) is 9.56. The molecule has 0 saturated carbocycles. The zero-order valence-corrected chi connectivity index (χ0v) is 16.0. The molecule has 26 heavy (non-hydrogen) atoms. The molecule has 2 aromatic rings. The number of carbonyl (C=O) groups is 1. The van der Waals surface area contributed by atoms with E-state index < -0.39 is 0 Å². The number of nitrogens with one attached hydrogen (secondary N) is 1. The Balaban J connectivity index is 1.77. The molecule has 1 N–H and O–H groups in total. The van der Waals surface area contributed by atoms with Gasteiger partial charge >= 0.3 is 0 Å². The molecule has 4 nitrogen and oxygen atoms in total.